The Balaban J connectivity index is 1.68. The van der Waals surface area contributed by atoms with Gasteiger partial charge in [-0.15, -0.1) is 0 Å². The quantitative estimate of drug-likeness (QED) is 0.648. The molecule has 1 aliphatic heterocycles. The maximum Gasteiger partial charge on any atom is 0.338 e. The van der Waals surface area contributed by atoms with Crippen molar-refractivity contribution >= 4 is 21.9 Å². The second-order valence-electron chi connectivity index (χ2n) is 6.87. The van der Waals surface area contributed by atoms with Gasteiger partial charge in [-0.2, -0.15) is 4.31 Å². The monoisotopic (exact) mass is 432 g/mol. The predicted octanol–water partition coefficient (Wildman–Crippen LogP) is 1.90. The fraction of sp³-hybridized carbons (Fsp3) is 0.333. The Morgan fingerprint density at radius 3 is 2.37 bits per heavy atom. The molecule has 0 unspecified atom stereocenters. The van der Waals surface area contributed by atoms with Crippen LogP contribution in [-0.2, 0) is 26.2 Å². The van der Waals surface area contributed by atoms with Crippen molar-refractivity contribution < 1.29 is 27.5 Å². The van der Waals surface area contributed by atoms with Crippen molar-refractivity contribution in [3.63, 3.8) is 0 Å². The summed E-state index contributed by atoms with van der Waals surface area (Å²) in [5, 5.41) is 0. The SMILES string of the molecule is COc1cccc(COC(=O)c2cccc(S(=O)(=O)N3CCN(C(C)=O)CC3)c2)c1. The first-order valence-electron chi connectivity index (χ1n) is 9.47. The molecule has 2 aromatic carbocycles. The number of ether oxygens (including phenoxy) is 2. The summed E-state index contributed by atoms with van der Waals surface area (Å²) in [6.07, 6.45) is 0. The molecule has 0 aliphatic carbocycles. The molecule has 30 heavy (non-hydrogen) atoms. The molecule has 0 saturated carbocycles. The van der Waals surface area contributed by atoms with Crippen LogP contribution in [0.15, 0.2) is 53.4 Å². The van der Waals surface area contributed by atoms with Crippen LogP contribution in [0.5, 0.6) is 5.75 Å². The first kappa shape index (κ1) is 21.8. The molecule has 2 aromatic rings. The topological polar surface area (TPSA) is 93.2 Å². The molecule has 0 radical (unpaired) electrons. The zero-order chi connectivity index (χ0) is 21.7. The number of hydrogen-bond donors (Lipinski definition) is 0. The number of benzene rings is 2. The van der Waals surface area contributed by atoms with Gasteiger partial charge in [0.15, 0.2) is 0 Å². The molecule has 160 valence electrons. The lowest BCUT2D eigenvalue weighted by Crippen LogP contribution is -2.49. The van der Waals surface area contributed by atoms with Crippen molar-refractivity contribution in [1.29, 1.82) is 0 Å². The van der Waals surface area contributed by atoms with Crippen LogP contribution in [0.1, 0.15) is 22.8 Å². The van der Waals surface area contributed by atoms with Crippen molar-refractivity contribution in [1.82, 2.24) is 9.21 Å². The van der Waals surface area contributed by atoms with Gasteiger partial charge in [-0.3, -0.25) is 4.79 Å². The standard InChI is InChI=1S/C21H24N2O6S/c1-16(24)22-9-11-23(12-10-22)30(26,27)20-8-4-6-18(14-20)21(25)29-15-17-5-3-7-19(13-17)28-2/h3-8,13-14H,9-12,15H2,1-2H3. The molecule has 1 heterocycles. The van der Waals surface area contributed by atoms with Gasteiger partial charge in [-0.1, -0.05) is 18.2 Å². The fourth-order valence-electron chi connectivity index (χ4n) is 3.17. The Bertz CT molecular complexity index is 1030. The van der Waals surface area contributed by atoms with Gasteiger partial charge in [0.05, 0.1) is 17.6 Å². The van der Waals surface area contributed by atoms with Crippen LogP contribution in [0.3, 0.4) is 0 Å². The van der Waals surface area contributed by atoms with Gasteiger partial charge in [-0.05, 0) is 35.9 Å². The van der Waals surface area contributed by atoms with E-state index in [0.717, 1.165) is 5.56 Å². The van der Waals surface area contributed by atoms with Crippen molar-refractivity contribution in [2.45, 2.75) is 18.4 Å². The molecule has 0 spiro atoms. The molecule has 0 atom stereocenters. The third-order valence-electron chi connectivity index (χ3n) is 4.90. The van der Waals surface area contributed by atoms with Gasteiger partial charge in [-0.25, -0.2) is 13.2 Å². The van der Waals surface area contributed by atoms with E-state index in [1.54, 1.807) is 36.3 Å². The van der Waals surface area contributed by atoms with Gasteiger partial charge >= 0.3 is 5.97 Å². The zero-order valence-corrected chi connectivity index (χ0v) is 17.7. The van der Waals surface area contributed by atoms with Crippen LogP contribution in [0.2, 0.25) is 0 Å². The smallest absolute Gasteiger partial charge is 0.338 e. The minimum atomic E-state index is -3.77. The average Bonchev–Trinajstić information content (AvgIpc) is 2.77. The van der Waals surface area contributed by atoms with Crippen LogP contribution >= 0.6 is 0 Å². The molecule has 1 fully saturated rings. The number of amides is 1. The first-order valence-corrected chi connectivity index (χ1v) is 10.9. The number of sulfonamides is 1. The van der Waals surface area contributed by atoms with Crippen LogP contribution in [0.25, 0.3) is 0 Å². The minimum absolute atomic E-state index is 0.0228. The van der Waals surface area contributed by atoms with E-state index < -0.39 is 16.0 Å². The summed E-state index contributed by atoms with van der Waals surface area (Å²) in [5.41, 5.74) is 0.913. The molecule has 0 N–H and O–H groups in total. The predicted molar refractivity (Wildman–Crippen MR) is 110 cm³/mol. The van der Waals surface area contributed by atoms with Gasteiger partial charge in [0.25, 0.3) is 0 Å². The normalized spacial score (nSPS) is 14.9. The van der Waals surface area contributed by atoms with Gasteiger partial charge in [0.1, 0.15) is 12.4 Å². The maximum atomic E-state index is 12.9. The van der Waals surface area contributed by atoms with Crippen LogP contribution in [0, 0.1) is 0 Å². The number of carbonyl (C=O) groups excluding carboxylic acids is 2. The first-order chi connectivity index (χ1) is 14.3. The Morgan fingerprint density at radius 2 is 1.70 bits per heavy atom. The van der Waals surface area contributed by atoms with Crippen LogP contribution in [0.4, 0.5) is 0 Å². The summed E-state index contributed by atoms with van der Waals surface area (Å²) in [4.78, 5) is 25.5. The van der Waals surface area contributed by atoms with Crippen molar-refractivity contribution in [3.8, 4) is 5.75 Å². The summed E-state index contributed by atoms with van der Waals surface area (Å²) in [5.74, 6) is -0.0365. The number of carbonyl (C=O) groups is 2. The van der Waals surface area contributed by atoms with E-state index in [1.807, 2.05) is 0 Å². The Kier molecular flexibility index (Phi) is 6.73. The lowest BCUT2D eigenvalue weighted by molar-refractivity contribution is -0.129. The molecule has 8 nitrogen and oxygen atoms in total. The lowest BCUT2D eigenvalue weighted by Gasteiger charge is -2.33. The minimum Gasteiger partial charge on any atom is -0.497 e. The van der Waals surface area contributed by atoms with Crippen LogP contribution < -0.4 is 4.74 Å². The molecule has 0 bridgehead atoms. The number of methoxy groups -OCH3 is 1. The van der Waals surface area contributed by atoms with Crippen molar-refractivity contribution in [2.24, 2.45) is 0 Å². The summed E-state index contributed by atoms with van der Waals surface area (Å²) < 4.78 is 37.7. The van der Waals surface area contributed by atoms with E-state index in [-0.39, 0.29) is 36.1 Å². The average molecular weight is 432 g/mol. The number of piperazine rings is 1. The summed E-state index contributed by atoms with van der Waals surface area (Å²) in [6, 6.07) is 12.9. The van der Waals surface area contributed by atoms with E-state index in [0.29, 0.717) is 18.8 Å². The molecule has 3 rings (SSSR count). The maximum absolute atomic E-state index is 12.9. The lowest BCUT2D eigenvalue weighted by atomic mass is 10.2. The molecule has 0 aromatic heterocycles. The summed E-state index contributed by atoms with van der Waals surface area (Å²) >= 11 is 0. The second-order valence-corrected chi connectivity index (χ2v) is 8.80. The van der Waals surface area contributed by atoms with Crippen molar-refractivity contribution in [3.05, 3.63) is 59.7 Å². The summed E-state index contributed by atoms with van der Waals surface area (Å²) in [7, 11) is -2.22. The molecular weight excluding hydrogens is 408 g/mol. The van der Waals surface area contributed by atoms with E-state index in [4.69, 9.17) is 9.47 Å². The van der Waals surface area contributed by atoms with E-state index in [2.05, 4.69) is 0 Å². The third-order valence-corrected chi connectivity index (χ3v) is 6.79. The fourth-order valence-corrected chi connectivity index (χ4v) is 4.64. The number of esters is 1. The highest BCUT2D eigenvalue weighted by molar-refractivity contribution is 7.89. The molecule has 9 heteroatoms. The molecular formula is C21H24N2O6S. The zero-order valence-electron chi connectivity index (χ0n) is 16.9. The van der Waals surface area contributed by atoms with Gasteiger partial charge < -0.3 is 14.4 Å². The van der Waals surface area contributed by atoms with E-state index in [1.165, 1.54) is 35.5 Å². The number of hydrogen-bond acceptors (Lipinski definition) is 6. The largest absolute Gasteiger partial charge is 0.497 e. The van der Waals surface area contributed by atoms with Gasteiger partial charge in [0.2, 0.25) is 15.9 Å². The Hall–Kier alpha value is -2.91. The second kappa shape index (κ2) is 9.27. The molecule has 1 aliphatic rings. The summed E-state index contributed by atoms with van der Waals surface area (Å²) in [6.45, 7) is 2.62. The molecule has 1 saturated heterocycles. The van der Waals surface area contributed by atoms with E-state index in [9.17, 15) is 18.0 Å². The highest BCUT2D eigenvalue weighted by Crippen LogP contribution is 2.20. The van der Waals surface area contributed by atoms with Gasteiger partial charge in [0, 0.05) is 33.1 Å². The number of nitrogens with zero attached hydrogens (tertiary/aromatic N) is 2. The van der Waals surface area contributed by atoms with Crippen LogP contribution in [-0.4, -0.2) is 62.8 Å². The van der Waals surface area contributed by atoms with E-state index >= 15 is 0 Å². The number of rotatable bonds is 6. The molecule has 1 amide bonds. The van der Waals surface area contributed by atoms with Crippen molar-refractivity contribution in [2.75, 3.05) is 33.3 Å². The Labute approximate surface area is 176 Å². The highest BCUT2D eigenvalue weighted by atomic mass is 32.2. The third kappa shape index (κ3) is 4.98. The highest BCUT2D eigenvalue weighted by Gasteiger charge is 2.29. The Morgan fingerprint density at radius 1 is 1.00 bits per heavy atom.